The number of fused-ring (bicyclic) bond motifs is 1. The quantitative estimate of drug-likeness (QED) is 0.681. The van der Waals surface area contributed by atoms with Gasteiger partial charge >= 0.3 is 5.63 Å². The fourth-order valence-electron chi connectivity index (χ4n) is 3.68. The van der Waals surface area contributed by atoms with Crippen LogP contribution >= 0.6 is 0 Å². The molecule has 0 saturated carbocycles. The minimum Gasteiger partial charge on any atom is -0.483 e. The average molecular weight is 387 g/mol. The Morgan fingerprint density at radius 3 is 2.86 bits per heavy atom. The van der Waals surface area contributed by atoms with E-state index in [0.29, 0.717) is 24.3 Å². The number of piperidine rings is 1. The molecule has 2 heterocycles. The second kappa shape index (κ2) is 9.24. The summed E-state index contributed by atoms with van der Waals surface area (Å²) in [5.41, 5.74) is 1.90. The highest BCUT2D eigenvalue weighted by atomic mass is 16.5. The number of hydrogen-bond donors (Lipinski definition) is 0. The molecule has 1 saturated heterocycles. The molecule has 6 heteroatoms. The minimum atomic E-state index is -0.372. The predicted octanol–water partition coefficient (Wildman–Crippen LogP) is 3.46. The highest BCUT2D eigenvalue weighted by Gasteiger charge is 2.24. The van der Waals surface area contributed by atoms with Gasteiger partial charge in [-0.25, -0.2) is 4.79 Å². The fraction of sp³-hybridized carbons (Fsp3) is 0.545. The number of likely N-dealkylation sites (tertiary alicyclic amines) is 1. The summed E-state index contributed by atoms with van der Waals surface area (Å²) in [6, 6.07) is 5.20. The van der Waals surface area contributed by atoms with Gasteiger partial charge in [-0.15, -0.1) is 0 Å². The van der Waals surface area contributed by atoms with Gasteiger partial charge in [-0.2, -0.15) is 0 Å². The summed E-state index contributed by atoms with van der Waals surface area (Å²) in [7, 11) is 0. The number of hydrogen-bond acceptors (Lipinski definition) is 5. The normalized spacial score (nSPS) is 17.1. The highest BCUT2D eigenvalue weighted by Crippen LogP contribution is 2.30. The second-order valence-corrected chi connectivity index (χ2v) is 7.34. The van der Waals surface area contributed by atoms with Crippen molar-refractivity contribution in [2.45, 2.75) is 52.6 Å². The smallest absolute Gasteiger partial charge is 0.336 e. The van der Waals surface area contributed by atoms with Gasteiger partial charge in [0, 0.05) is 25.8 Å². The first-order chi connectivity index (χ1) is 13.5. The molecule has 1 amide bonds. The van der Waals surface area contributed by atoms with Crippen LogP contribution in [-0.2, 0) is 16.0 Å². The van der Waals surface area contributed by atoms with Crippen molar-refractivity contribution in [3.8, 4) is 5.75 Å². The van der Waals surface area contributed by atoms with Crippen molar-refractivity contribution in [1.29, 1.82) is 0 Å². The molecule has 0 N–H and O–H groups in total. The highest BCUT2D eigenvalue weighted by molar-refractivity contribution is 5.88. The Kier molecular flexibility index (Phi) is 6.73. The maximum Gasteiger partial charge on any atom is 0.336 e. The summed E-state index contributed by atoms with van der Waals surface area (Å²) in [6.45, 7) is 8.01. The molecule has 28 heavy (non-hydrogen) atoms. The standard InChI is InChI=1S/C22H29NO5/c1-4-9-26-17-7-6-8-23(13-17)20(24)14-27-18-10-15(3)11-19-22(18)16(5-2)12-21(25)28-19/h10-12,17H,4-9,13-14H2,1-3H3. The Hall–Kier alpha value is -2.34. The lowest BCUT2D eigenvalue weighted by atomic mass is 10.0. The van der Waals surface area contributed by atoms with Gasteiger partial charge < -0.3 is 18.8 Å². The first-order valence-corrected chi connectivity index (χ1v) is 10.1. The third kappa shape index (κ3) is 4.73. The van der Waals surface area contributed by atoms with Crippen LogP contribution in [0.2, 0.25) is 0 Å². The van der Waals surface area contributed by atoms with Crippen molar-refractivity contribution in [3.63, 3.8) is 0 Å². The Labute approximate surface area is 165 Å². The third-order valence-electron chi connectivity index (χ3n) is 5.05. The van der Waals surface area contributed by atoms with Crippen molar-refractivity contribution >= 4 is 16.9 Å². The number of rotatable bonds is 7. The molecular formula is C22H29NO5. The van der Waals surface area contributed by atoms with Gasteiger partial charge in [0.1, 0.15) is 11.3 Å². The van der Waals surface area contributed by atoms with E-state index < -0.39 is 0 Å². The number of amides is 1. The fourth-order valence-corrected chi connectivity index (χ4v) is 3.68. The van der Waals surface area contributed by atoms with Crippen molar-refractivity contribution in [2.75, 3.05) is 26.3 Å². The first kappa shape index (κ1) is 20.4. The molecule has 1 unspecified atom stereocenters. The second-order valence-electron chi connectivity index (χ2n) is 7.34. The Balaban J connectivity index is 1.74. The van der Waals surface area contributed by atoms with Crippen LogP contribution in [0.25, 0.3) is 11.0 Å². The molecule has 1 fully saturated rings. The lowest BCUT2D eigenvalue weighted by molar-refractivity contribution is -0.137. The van der Waals surface area contributed by atoms with Crippen LogP contribution in [0, 0.1) is 6.92 Å². The van der Waals surface area contributed by atoms with Crippen LogP contribution in [0.4, 0.5) is 0 Å². The van der Waals surface area contributed by atoms with Gasteiger partial charge in [0.25, 0.3) is 5.91 Å². The molecule has 1 atom stereocenters. The lowest BCUT2D eigenvalue weighted by Gasteiger charge is -2.32. The third-order valence-corrected chi connectivity index (χ3v) is 5.05. The van der Waals surface area contributed by atoms with Crippen molar-refractivity contribution in [2.24, 2.45) is 0 Å². The molecule has 0 radical (unpaired) electrons. The number of ether oxygens (including phenoxy) is 2. The molecule has 0 spiro atoms. The summed E-state index contributed by atoms with van der Waals surface area (Å²) in [6.07, 6.45) is 3.70. The molecule has 1 aliphatic heterocycles. The minimum absolute atomic E-state index is 0.0403. The molecule has 0 aliphatic carbocycles. The molecule has 6 nitrogen and oxygen atoms in total. The zero-order chi connectivity index (χ0) is 20.1. The van der Waals surface area contributed by atoms with Gasteiger partial charge in [-0.05, 0) is 55.9 Å². The number of carbonyl (C=O) groups excluding carboxylic acids is 1. The maximum absolute atomic E-state index is 12.7. The summed E-state index contributed by atoms with van der Waals surface area (Å²) < 4.78 is 17.1. The van der Waals surface area contributed by atoms with Crippen LogP contribution < -0.4 is 10.4 Å². The molecular weight excluding hydrogens is 358 g/mol. The average Bonchev–Trinajstić information content (AvgIpc) is 2.69. The van der Waals surface area contributed by atoms with Crippen LogP contribution in [0.15, 0.2) is 27.4 Å². The van der Waals surface area contributed by atoms with Crippen molar-refractivity contribution in [3.05, 3.63) is 39.7 Å². The van der Waals surface area contributed by atoms with Gasteiger partial charge in [-0.3, -0.25) is 4.79 Å². The molecule has 1 aliphatic rings. The number of nitrogens with zero attached hydrogens (tertiary/aromatic N) is 1. The van der Waals surface area contributed by atoms with Crippen LogP contribution in [0.1, 0.15) is 44.2 Å². The number of carbonyl (C=O) groups is 1. The number of aryl methyl sites for hydroxylation is 2. The van der Waals surface area contributed by atoms with Crippen molar-refractivity contribution in [1.82, 2.24) is 4.90 Å². The van der Waals surface area contributed by atoms with E-state index in [1.54, 1.807) is 0 Å². The summed E-state index contributed by atoms with van der Waals surface area (Å²) >= 11 is 0. The Bertz CT molecular complexity index is 888. The molecule has 1 aromatic carbocycles. The lowest BCUT2D eigenvalue weighted by Crippen LogP contribution is -2.45. The molecule has 0 bridgehead atoms. The van der Waals surface area contributed by atoms with E-state index in [1.807, 2.05) is 30.9 Å². The van der Waals surface area contributed by atoms with Crippen molar-refractivity contribution < 1.29 is 18.7 Å². The van der Waals surface area contributed by atoms with Gasteiger partial charge in [0.15, 0.2) is 6.61 Å². The summed E-state index contributed by atoms with van der Waals surface area (Å²) in [5, 5.41) is 0.767. The topological polar surface area (TPSA) is 69.0 Å². The largest absolute Gasteiger partial charge is 0.483 e. The zero-order valence-electron chi connectivity index (χ0n) is 17.0. The van der Waals surface area contributed by atoms with Gasteiger partial charge in [0.2, 0.25) is 0 Å². The van der Waals surface area contributed by atoms with Gasteiger partial charge in [-0.1, -0.05) is 13.8 Å². The van der Waals surface area contributed by atoms with E-state index in [2.05, 4.69) is 6.92 Å². The van der Waals surface area contributed by atoms with E-state index in [4.69, 9.17) is 13.9 Å². The van der Waals surface area contributed by atoms with E-state index in [1.165, 1.54) is 6.07 Å². The predicted molar refractivity (Wildman–Crippen MR) is 108 cm³/mol. The van der Waals surface area contributed by atoms with Crippen LogP contribution in [-0.4, -0.2) is 43.2 Å². The van der Waals surface area contributed by atoms with E-state index >= 15 is 0 Å². The summed E-state index contributed by atoms with van der Waals surface area (Å²) in [4.78, 5) is 26.3. The Morgan fingerprint density at radius 1 is 1.29 bits per heavy atom. The van der Waals surface area contributed by atoms with E-state index in [9.17, 15) is 9.59 Å². The number of benzene rings is 1. The monoisotopic (exact) mass is 387 g/mol. The van der Waals surface area contributed by atoms with E-state index in [-0.39, 0.29) is 24.2 Å². The van der Waals surface area contributed by atoms with Crippen LogP contribution in [0.5, 0.6) is 5.75 Å². The maximum atomic E-state index is 12.7. The first-order valence-electron chi connectivity index (χ1n) is 10.1. The molecule has 152 valence electrons. The molecule has 3 rings (SSSR count). The SMILES string of the molecule is CCCOC1CCCN(C(=O)COc2cc(C)cc3oc(=O)cc(CC)c23)C1. The van der Waals surface area contributed by atoms with Crippen LogP contribution in [0.3, 0.4) is 0 Å². The van der Waals surface area contributed by atoms with E-state index in [0.717, 1.165) is 48.9 Å². The molecule has 2 aromatic rings. The molecule has 1 aromatic heterocycles. The Morgan fingerprint density at radius 2 is 2.11 bits per heavy atom. The summed E-state index contributed by atoms with van der Waals surface area (Å²) in [5.74, 6) is 0.537. The zero-order valence-corrected chi connectivity index (χ0v) is 17.0. The van der Waals surface area contributed by atoms with Gasteiger partial charge in [0.05, 0.1) is 11.5 Å².